The number of halogens is 1. The molecule has 1 fully saturated rings. The molecule has 2 N–H and O–H groups in total. The average Bonchev–Trinajstić information content (AvgIpc) is 2.82. The molecule has 1 amide bonds. The van der Waals surface area contributed by atoms with Crippen molar-refractivity contribution in [3.8, 4) is 0 Å². The Bertz CT molecular complexity index is 642. The van der Waals surface area contributed by atoms with Crippen LogP contribution in [0.25, 0.3) is 11.0 Å². The molecule has 2 heterocycles. The number of amides is 1. The number of hydrogen-bond donors (Lipinski definition) is 1. The number of piperidine rings is 1. The number of carbonyl (C=O) groups excluding carboxylic acids is 1. The lowest BCUT2D eigenvalue weighted by molar-refractivity contribution is 0.0631. The molecule has 0 bridgehead atoms. The van der Waals surface area contributed by atoms with E-state index in [-0.39, 0.29) is 11.9 Å². The van der Waals surface area contributed by atoms with Crippen molar-refractivity contribution in [1.29, 1.82) is 0 Å². The number of nitrogens with zero attached hydrogens (tertiary/aromatic N) is 1. The molecule has 1 aromatic carbocycles. The molecule has 0 aliphatic carbocycles. The highest BCUT2D eigenvalue weighted by atomic mass is 79.9. The van der Waals surface area contributed by atoms with Crippen molar-refractivity contribution >= 4 is 32.8 Å². The molecule has 4 nitrogen and oxygen atoms in total. The highest BCUT2D eigenvalue weighted by Gasteiger charge is 2.28. The van der Waals surface area contributed by atoms with Crippen LogP contribution in [-0.4, -0.2) is 29.9 Å². The van der Waals surface area contributed by atoms with Gasteiger partial charge < -0.3 is 15.1 Å². The molecule has 1 saturated heterocycles. The van der Waals surface area contributed by atoms with E-state index >= 15 is 0 Å². The van der Waals surface area contributed by atoms with Crippen LogP contribution in [0.2, 0.25) is 0 Å². The van der Waals surface area contributed by atoms with Crippen LogP contribution in [0.1, 0.15) is 23.9 Å². The Morgan fingerprint density at radius 1 is 1.45 bits per heavy atom. The van der Waals surface area contributed by atoms with Crippen LogP contribution in [0.5, 0.6) is 0 Å². The fourth-order valence-corrected chi connectivity index (χ4v) is 3.32. The Hall–Kier alpha value is -1.33. The summed E-state index contributed by atoms with van der Waals surface area (Å²) in [6, 6.07) is 7.62. The van der Waals surface area contributed by atoms with Gasteiger partial charge in [-0.05, 0) is 40.4 Å². The summed E-state index contributed by atoms with van der Waals surface area (Å²) in [5.41, 5.74) is 6.71. The maximum absolute atomic E-state index is 12.5. The number of para-hydroxylation sites is 1. The average molecular weight is 337 g/mol. The quantitative estimate of drug-likeness (QED) is 0.870. The number of carbonyl (C=O) groups is 1. The van der Waals surface area contributed by atoms with Crippen molar-refractivity contribution in [1.82, 2.24) is 4.90 Å². The molecule has 1 aliphatic rings. The number of furan rings is 1. The maximum Gasteiger partial charge on any atom is 0.289 e. The summed E-state index contributed by atoms with van der Waals surface area (Å²) >= 11 is 3.44. The number of rotatable bonds is 1. The Labute approximate surface area is 126 Å². The van der Waals surface area contributed by atoms with E-state index in [0.29, 0.717) is 23.8 Å². The van der Waals surface area contributed by atoms with Crippen molar-refractivity contribution in [3.05, 3.63) is 34.5 Å². The van der Waals surface area contributed by atoms with Gasteiger partial charge in [0.1, 0.15) is 5.58 Å². The summed E-state index contributed by atoms with van der Waals surface area (Å²) in [6.07, 6.45) is 0.968. The molecule has 20 heavy (non-hydrogen) atoms. The lowest BCUT2D eigenvalue weighted by Gasteiger charge is -2.34. The second-order valence-corrected chi connectivity index (χ2v) is 6.43. The maximum atomic E-state index is 12.5. The van der Waals surface area contributed by atoms with E-state index in [2.05, 4.69) is 22.9 Å². The van der Waals surface area contributed by atoms with Gasteiger partial charge in [0, 0.05) is 24.5 Å². The highest BCUT2D eigenvalue weighted by molar-refractivity contribution is 9.10. The topological polar surface area (TPSA) is 59.5 Å². The van der Waals surface area contributed by atoms with Gasteiger partial charge in [-0.25, -0.2) is 0 Å². The largest absolute Gasteiger partial charge is 0.450 e. The van der Waals surface area contributed by atoms with Crippen molar-refractivity contribution in [2.75, 3.05) is 13.1 Å². The zero-order chi connectivity index (χ0) is 14.3. The first kappa shape index (κ1) is 13.6. The molecule has 1 aromatic heterocycles. The van der Waals surface area contributed by atoms with Crippen molar-refractivity contribution in [3.63, 3.8) is 0 Å². The minimum absolute atomic E-state index is 0.0545. The Morgan fingerprint density at radius 2 is 2.25 bits per heavy atom. The van der Waals surface area contributed by atoms with Gasteiger partial charge >= 0.3 is 0 Å². The van der Waals surface area contributed by atoms with E-state index in [9.17, 15) is 4.79 Å². The monoisotopic (exact) mass is 336 g/mol. The van der Waals surface area contributed by atoms with Crippen LogP contribution in [0.15, 0.2) is 33.2 Å². The van der Waals surface area contributed by atoms with Gasteiger partial charge in [0.05, 0.1) is 4.47 Å². The third-order valence-corrected chi connectivity index (χ3v) is 4.31. The van der Waals surface area contributed by atoms with Gasteiger partial charge in [-0.2, -0.15) is 0 Å². The predicted octanol–water partition coefficient (Wildman–Crippen LogP) is 3.00. The number of benzene rings is 1. The molecule has 0 radical (unpaired) electrons. The van der Waals surface area contributed by atoms with E-state index in [4.69, 9.17) is 10.2 Å². The Morgan fingerprint density at radius 3 is 2.95 bits per heavy atom. The zero-order valence-electron chi connectivity index (χ0n) is 11.3. The highest BCUT2D eigenvalue weighted by Crippen LogP contribution is 2.28. The van der Waals surface area contributed by atoms with Gasteiger partial charge in [0.2, 0.25) is 0 Å². The van der Waals surface area contributed by atoms with Crippen LogP contribution >= 0.6 is 15.9 Å². The normalized spacial score (nSPS) is 23.2. The molecule has 2 atom stereocenters. The second-order valence-electron chi connectivity index (χ2n) is 5.58. The van der Waals surface area contributed by atoms with Gasteiger partial charge in [-0.15, -0.1) is 0 Å². The summed E-state index contributed by atoms with van der Waals surface area (Å²) in [7, 11) is 0. The van der Waals surface area contributed by atoms with Gasteiger partial charge in [0.15, 0.2) is 5.76 Å². The SMILES string of the molecule is CC1CC(N)CN(C(=O)c2cc3cccc(Br)c3o2)C1. The van der Waals surface area contributed by atoms with Crippen LogP contribution < -0.4 is 5.73 Å². The first-order valence-electron chi connectivity index (χ1n) is 6.77. The number of nitrogens with two attached hydrogens (primary N) is 1. The van der Waals surface area contributed by atoms with Crippen LogP contribution in [-0.2, 0) is 0 Å². The number of likely N-dealkylation sites (tertiary alicyclic amines) is 1. The summed E-state index contributed by atoms with van der Waals surface area (Å²) < 4.78 is 6.56. The van der Waals surface area contributed by atoms with E-state index in [0.717, 1.165) is 22.8 Å². The van der Waals surface area contributed by atoms with Crippen molar-refractivity contribution < 1.29 is 9.21 Å². The van der Waals surface area contributed by atoms with E-state index in [1.807, 2.05) is 18.2 Å². The Balaban J connectivity index is 1.90. The van der Waals surface area contributed by atoms with Gasteiger partial charge in [-0.3, -0.25) is 4.79 Å². The first-order valence-corrected chi connectivity index (χ1v) is 7.57. The molecule has 3 rings (SSSR count). The minimum Gasteiger partial charge on any atom is -0.450 e. The molecule has 106 valence electrons. The van der Waals surface area contributed by atoms with Crippen LogP contribution in [0.4, 0.5) is 0 Å². The van der Waals surface area contributed by atoms with Gasteiger partial charge in [0.25, 0.3) is 5.91 Å². The third kappa shape index (κ3) is 2.47. The molecular formula is C15H17BrN2O2. The van der Waals surface area contributed by atoms with Crippen molar-refractivity contribution in [2.45, 2.75) is 19.4 Å². The van der Waals surface area contributed by atoms with Crippen LogP contribution in [0.3, 0.4) is 0 Å². The third-order valence-electron chi connectivity index (χ3n) is 3.69. The second kappa shape index (κ2) is 5.22. The summed E-state index contributed by atoms with van der Waals surface area (Å²) in [5, 5.41) is 0.928. The first-order chi connectivity index (χ1) is 9.54. The van der Waals surface area contributed by atoms with E-state index in [1.54, 1.807) is 11.0 Å². The molecular weight excluding hydrogens is 320 g/mol. The molecule has 5 heteroatoms. The summed E-state index contributed by atoms with van der Waals surface area (Å²) in [6.45, 7) is 3.46. The minimum atomic E-state index is -0.0740. The molecule has 0 saturated carbocycles. The fraction of sp³-hybridized carbons (Fsp3) is 0.400. The summed E-state index contributed by atoms with van der Waals surface area (Å²) in [4.78, 5) is 14.3. The zero-order valence-corrected chi connectivity index (χ0v) is 12.9. The van der Waals surface area contributed by atoms with E-state index in [1.165, 1.54) is 0 Å². The molecule has 0 spiro atoms. The number of hydrogen-bond acceptors (Lipinski definition) is 3. The van der Waals surface area contributed by atoms with Crippen LogP contribution in [0, 0.1) is 5.92 Å². The molecule has 2 aromatic rings. The smallest absolute Gasteiger partial charge is 0.289 e. The standard InChI is InChI=1S/C15H17BrN2O2/c1-9-5-11(17)8-18(7-9)15(19)13-6-10-3-2-4-12(16)14(10)20-13/h2-4,6,9,11H,5,7-8,17H2,1H3. The van der Waals surface area contributed by atoms with Gasteiger partial charge in [-0.1, -0.05) is 19.1 Å². The fourth-order valence-electron chi connectivity index (χ4n) is 2.85. The van der Waals surface area contributed by atoms with Crippen molar-refractivity contribution in [2.24, 2.45) is 11.7 Å². The summed E-state index contributed by atoms with van der Waals surface area (Å²) in [5.74, 6) is 0.738. The molecule has 1 aliphatic heterocycles. The molecule has 2 unspecified atom stereocenters. The number of fused-ring (bicyclic) bond motifs is 1. The lowest BCUT2D eigenvalue weighted by Crippen LogP contribution is -2.48. The Kier molecular flexibility index (Phi) is 3.56. The predicted molar refractivity (Wildman–Crippen MR) is 81.6 cm³/mol. The van der Waals surface area contributed by atoms with E-state index < -0.39 is 0 Å². The lowest BCUT2D eigenvalue weighted by atomic mass is 9.96.